The molecule has 2 N–H and O–H groups in total. The molecule has 0 aromatic heterocycles. The molecule has 0 aliphatic rings. The number of rotatable bonds is 6. The van der Waals surface area contributed by atoms with Crippen LogP contribution in [0.4, 0.5) is 5.69 Å². The van der Waals surface area contributed by atoms with Crippen molar-refractivity contribution in [3.8, 4) is 0 Å². The molecule has 0 saturated heterocycles. The number of carboxylic acid groups (broad SMARTS) is 2. The molecular weight excluding hydrogens is 266 g/mol. The van der Waals surface area contributed by atoms with Gasteiger partial charge in [-0.1, -0.05) is 18.7 Å². The molecule has 0 fully saturated rings. The Morgan fingerprint density at radius 2 is 1.85 bits per heavy atom. The Bertz CT molecular complexity index is 566. The summed E-state index contributed by atoms with van der Waals surface area (Å²) in [5.74, 6) is -3.38. The van der Waals surface area contributed by atoms with Crippen molar-refractivity contribution in [2.75, 3.05) is 11.6 Å². The van der Waals surface area contributed by atoms with Gasteiger partial charge in [0, 0.05) is 5.57 Å². The van der Waals surface area contributed by atoms with E-state index in [1.165, 1.54) is 31.2 Å². The molecule has 7 nitrogen and oxygen atoms in total. The van der Waals surface area contributed by atoms with Gasteiger partial charge < -0.3 is 15.1 Å². The van der Waals surface area contributed by atoms with E-state index in [1.807, 2.05) is 0 Å². The maximum absolute atomic E-state index is 11.5. The van der Waals surface area contributed by atoms with Gasteiger partial charge in [0.15, 0.2) is 6.54 Å². The Morgan fingerprint density at radius 3 is 2.35 bits per heavy atom. The number of carbonyl (C=O) groups is 3. The zero-order valence-corrected chi connectivity index (χ0v) is 10.7. The molecule has 0 bridgehead atoms. The predicted octanol–water partition coefficient (Wildman–Crippen LogP) is 1.31. The zero-order chi connectivity index (χ0) is 15.3. The van der Waals surface area contributed by atoms with Gasteiger partial charge in [-0.15, -0.1) is 0 Å². The first kappa shape index (κ1) is 15.2. The lowest BCUT2D eigenvalue weighted by Crippen LogP contribution is -2.33. The van der Waals surface area contributed by atoms with Crippen LogP contribution in [0, 0.1) is 0 Å². The molecule has 0 saturated carbocycles. The number of anilines is 1. The van der Waals surface area contributed by atoms with E-state index in [2.05, 4.69) is 6.58 Å². The molecule has 0 radical (unpaired) electrons. The van der Waals surface area contributed by atoms with E-state index in [1.54, 1.807) is 0 Å². The highest BCUT2D eigenvalue weighted by Crippen LogP contribution is 2.21. The van der Waals surface area contributed by atoms with Crippen molar-refractivity contribution in [2.24, 2.45) is 0 Å². The second kappa shape index (κ2) is 6.37. The fourth-order valence-corrected chi connectivity index (χ4v) is 1.34. The van der Waals surface area contributed by atoms with E-state index >= 15 is 0 Å². The third-order valence-electron chi connectivity index (χ3n) is 2.22. The van der Waals surface area contributed by atoms with E-state index in [9.17, 15) is 14.4 Å². The summed E-state index contributed by atoms with van der Waals surface area (Å²) in [5.41, 5.74) is -0.145. The molecule has 1 aromatic carbocycles. The van der Waals surface area contributed by atoms with Gasteiger partial charge in [0.1, 0.15) is 0 Å². The van der Waals surface area contributed by atoms with Crippen LogP contribution in [0.3, 0.4) is 0 Å². The summed E-state index contributed by atoms with van der Waals surface area (Å²) in [5, 5.41) is 18.6. The van der Waals surface area contributed by atoms with E-state index in [-0.39, 0.29) is 16.8 Å². The molecule has 0 heterocycles. The molecule has 20 heavy (non-hydrogen) atoms. The lowest BCUT2D eigenvalue weighted by molar-refractivity contribution is -0.143. The van der Waals surface area contributed by atoms with Crippen LogP contribution in [0.2, 0.25) is 0 Å². The van der Waals surface area contributed by atoms with Gasteiger partial charge in [-0.2, -0.15) is 5.06 Å². The van der Waals surface area contributed by atoms with Crippen LogP contribution >= 0.6 is 0 Å². The van der Waals surface area contributed by atoms with Crippen molar-refractivity contribution in [3.05, 3.63) is 42.0 Å². The molecule has 1 aromatic rings. The maximum atomic E-state index is 11.5. The van der Waals surface area contributed by atoms with Crippen molar-refractivity contribution in [3.63, 3.8) is 0 Å². The standard InChI is InChI=1S/C13H13NO6/c1-8(2)13(19)20-14(7-11(15)16)10-6-4-3-5-9(10)12(17)18/h3-6H,1,7H2,2H3,(H,15,16)(H,17,18). The van der Waals surface area contributed by atoms with Gasteiger partial charge in [-0.25, -0.2) is 9.59 Å². The van der Waals surface area contributed by atoms with Gasteiger partial charge in [0.25, 0.3) is 0 Å². The average Bonchev–Trinajstić information content (AvgIpc) is 2.37. The van der Waals surface area contributed by atoms with E-state index in [0.29, 0.717) is 5.06 Å². The number of nitrogens with zero attached hydrogens (tertiary/aromatic N) is 1. The summed E-state index contributed by atoms with van der Waals surface area (Å²) in [4.78, 5) is 38.2. The number of hydrogen-bond donors (Lipinski definition) is 2. The smallest absolute Gasteiger partial charge is 0.358 e. The molecule has 0 aliphatic carbocycles. The molecule has 7 heteroatoms. The Balaban J connectivity index is 3.17. The molecule has 1 rings (SSSR count). The number of benzene rings is 1. The highest BCUT2D eigenvalue weighted by atomic mass is 16.7. The Hall–Kier alpha value is -2.83. The third-order valence-corrected chi connectivity index (χ3v) is 2.22. The predicted molar refractivity (Wildman–Crippen MR) is 69.3 cm³/mol. The lowest BCUT2D eigenvalue weighted by Gasteiger charge is -2.22. The number of hydroxylamine groups is 1. The second-order valence-electron chi connectivity index (χ2n) is 3.91. The van der Waals surface area contributed by atoms with Crippen molar-refractivity contribution in [1.82, 2.24) is 0 Å². The molecular formula is C13H13NO6. The maximum Gasteiger partial charge on any atom is 0.358 e. The van der Waals surface area contributed by atoms with E-state index in [4.69, 9.17) is 15.1 Å². The minimum atomic E-state index is -1.28. The first-order valence-corrected chi connectivity index (χ1v) is 5.52. The molecule has 0 unspecified atom stereocenters. The van der Waals surface area contributed by atoms with Gasteiger partial charge in [-0.3, -0.25) is 4.79 Å². The van der Waals surface area contributed by atoms with Crippen LogP contribution in [0.1, 0.15) is 17.3 Å². The number of carboxylic acids is 2. The second-order valence-corrected chi connectivity index (χ2v) is 3.91. The normalized spacial score (nSPS) is 9.65. The molecule has 0 aliphatic heterocycles. The first-order valence-electron chi connectivity index (χ1n) is 5.52. The number of carbonyl (C=O) groups excluding carboxylic acids is 1. The van der Waals surface area contributed by atoms with Crippen molar-refractivity contribution in [1.29, 1.82) is 0 Å². The SMILES string of the molecule is C=C(C)C(=O)ON(CC(=O)O)c1ccccc1C(=O)O. The number of aliphatic carboxylic acids is 1. The number of para-hydroxylation sites is 1. The minimum Gasteiger partial charge on any atom is -0.480 e. The number of aromatic carboxylic acids is 1. The zero-order valence-electron chi connectivity index (χ0n) is 10.7. The van der Waals surface area contributed by atoms with Crippen LogP contribution in [0.15, 0.2) is 36.4 Å². The first-order chi connectivity index (χ1) is 9.32. The number of hydrogen-bond acceptors (Lipinski definition) is 5. The van der Waals surface area contributed by atoms with Crippen molar-refractivity contribution < 1.29 is 29.4 Å². The van der Waals surface area contributed by atoms with E-state index in [0.717, 1.165) is 0 Å². The van der Waals surface area contributed by atoms with Crippen LogP contribution in [0.5, 0.6) is 0 Å². The Labute approximate surface area is 114 Å². The largest absolute Gasteiger partial charge is 0.480 e. The molecule has 0 atom stereocenters. The van der Waals surface area contributed by atoms with Gasteiger partial charge in [-0.05, 0) is 19.1 Å². The topological polar surface area (TPSA) is 104 Å². The Morgan fingerprint density at radius 1 is 1.25 bits per heavy atom. The molecule has 0 amide bonds. The van der Waals surface area contributed by atoms with Crippen LogP contribution in [0.25, 0.3) is 0 Å². The van der Waals surface area contributed by atoms with Crippen LogP contribution in [-0.4, -0.2) is 34.7 Å². The third kappa shape index (κ3) is 3.84. The molecule has 0 spiro atoms. The van der Waals surface area contributed by atoms with Gasteiger partial charge >= 0.3 is 17.9 Å². The van der Waals surface area contributed by atoms with Crippen LogP contribution in [-0.2, 0) is 14.4 Å². The highest BCUT2D eigenvalue weighted by molar-refractivity contribution is 5.95. The Kier molecular flexibility index (Phi) is 4.85. The molecule has 106 valence electrons. The van der Waals surface area contributed by atoms with Crippen molar-refractivity contribution >= 4 is 23.6 Å². The monoisotopic (exact) mass is 279 g/mol. The summed E-state index contributed by atoms with van der Waals surface area (Å²) in [6, 6.07) is 5.61. The van der Waals surface area contributed by atoms with E-state index < -0.39 is 24.5 Å². The highest BCUT2D eigenvalue weighted by Gasteiger charge is 2.21. The quantitative estimate of drug-likeness (QED) is 0.597. The summed E-state index contributed by atoms with van der Waals surface area (Å²) in [6.45, 7) is 4.08. The fourth-order valence-electron chi connectivity index (χ4n) is 1.34. The summed E-state index contributed by atoms with van der Waals surface area (Å²) in [7, 11) is 0. The van der Waals surface area contributed by atoms with Crippen molar-refractivity contribution in [2.45, 2.75) is 6.92 Å². The lowest BCUT2D eigenvalue weighted by atomic mass is 10.2. The summed E-state index contributed by atoms with van der Waals surface area (Å²) < 4.78 is 0. The average molecular weight is 279 g/mol. The summed E-state index contributed by atoms with van der Waals surface area (Å²) >= 11 is 0. The fraction of sp³-hybridized carbons (Fsp3) is 0.154. The van der Waals surface area contributed by atoms with Gasteiger partial charge in [0.05, 0.1) is 11.3 Å². The summed E-state index contributed by atoms with van der Waals surface area (Å²) in [6.07, 6.45) is 0. The van der Waals surface area contributed by atoms with Crippen LogP contribution < -0.4 is 5.06 Å². The van der Waals surface area contributed by atoms with Gasteiger partial charge in [0.2, 0.25) is 0 Å². The minimum absolute atomic E-state index is 0.0306.